The highest BCUT2D eigenvalue weighted by atomic mass is 32.1. The summed E-state index contributed by atoms with van der Waals surface area (Å²) >= 11 is 1.68. The van der Waals surface area contributed by atoms with E-state index >= 15 is 0 Å². The van der Waals surface area contributed by atoms with E-state index in [1.165, 1.54) is 5.56 Å². The number of carbonyl (C=O) groups excluding carboxylic acids is 1. The Hall–Kier alpha value is -3.12. The number of anilines is 1. The standard InChI is InChI=1S/C27H29N3O2S/c1-2-6-19-10-12-20(13-11-19)25(24-9-5-18-33-24)29-26(31)21-14-16-30(17-15-21)27-28-22-7-3-4-8-23(22)32-27/h3-5,7-13,18,21,25H,2,6,14-17H2,1H3,(H,29,31). The minimum Gasteiger partial charge on any atom is -0.423 e. The molecule has 1 aliphatic heterocycles. The lowest BCUT2D eigenvalue weighted by Crippen LogP contribution is -2.41. The molecule has 2 aromatic carbocycles. The van der Waals surface area contributed by atoms with Crippen molar-refractivity contribution < 1.29 is 9.21 Å². The first-order valence-electron chi connectivity index (χ1n) is 11.7. The lowest BCUT2D eigenvalue weighted by Gasteiger charge is -2.31. The Balaban J connectivity index is 1.25. The summed E-state index contributed by atoms with van der Waals surface area (Å²) in [6.07, 6.45) is 3.79. The van der Waals surface area contributed by atoms with Crippen molar-refractivity contribution >= 4 is 34.4 Å². The fourth-order valence-electron chi connectivity index (χ4n) is 4.53. The quantitative estimate of drug-likeness (QED) is 0.370. The SMILES string of the molecule is CCCc1ccc(C(NC(=O)C2CCN(c3nc4ccccc4o3)CC2)c2cccs2)cc1. The Labute approximate surface area is 198 Å². The number of piperidine rings is 1. The van der Waals surface area contributed by atoms with E-state index in [0.29, 0.717) is 6.01 Å². The summed E-state index contributed by atoms with van der Waals surface area (Å²) in [5, 5.41) is 5.42. The molecular weight excluding hydrogens is 430 g/mol. The van der Waals surface area contributed by atoms with Crippen molar-refractivity contribution in [1.82, 2.24) is 10.3 Å². The molecule has 2 aromatic heterocycles. The average Bonchev–Trinajstić information content (AvgIpc) is 3.54. The van der Waals surface area contributed by atoms with Gasteiger partial charge in [-0.15, -0.1) is 11.3 Å². The Morgan fingerprint density at radius 3 is 2.61 bits per heavy atom. The first-order chi connectivity index (χ1) is 16.2. The predicted octanol–water partition coefficient (Wildman–Crippen LogP) is 5.96. The Morgan fingerprint density at radius 1 is 1.12 bits per heavy atom. The fourth-order valence-corrected chi connectivity index (χ4v) is 5.33. The second-order valence-corrected chi connectivity index (χ2v) is 9.65. The van der Waals surface area contributed by atoms with Gasteiger partial charge in [-0.1, -0.05) is 55.8 Å². The molecule has 0 bridgehead atoms. The zero-order valence-corrected chi connectivity index (χ0v) is 19.7. The van der Waals surface area contributed by atoms with E-state index in [2.05, 4.69) is 57.8 Å². The molecule has 1 saturated heterocycles. The number of thiophene rings is 1. The second-order valence-electron chi connectivity index (χ2n) is 8.67. The van der Waals surface area contributed by atoms with Gasteiger partial charge in [0.15, 0.2) is 5.58 Å². The molecule has 0 aliphatic carbocycles. The molecule has 1 N–H and O–H groups in total. The first-order valence-corrected chi connectivity index (χ1v) is 12.6. The molecule has 33 heavy (non-hydrogen) atoms. The maximum Gasteiger partial charge on any atom is 0.298 e. The summed E-state index contributed by atoms with van der Waals surface area (Å²) in [7, 11) is 0. The largest absolute Gasteiger partial charge is 0.423 e. The molecule has 3 heterocycles. The van der Waals surface area contributed by atoms with Crippen LogP contribution >= 0.6 is 11.3 Å². The maximum atomic E-state index is 13.3. The number of amides is 1. The number of carbonyl (C=O) groups is 1. The molecular formula is C27H29N3O2S. The molecule has 6 heteroatoms. The lowest BCUT2D eigenvalue weighted by atomic mass is 9.94. The third-order valence-electron chi connectivity index (χ3n) is 6.38. The summed E-state index contributed by atoms with van der Waals surface area (Å²) in [4.78, 5) is 21.2. The van der Waals surface area contributed by atoms with Gasteiger partial charge in [-0.2, -0.15) is 4.98 Å². The second kappa shape index (κ2) is 9.79. The number of nitrogens with zero attached hydrogens (tertiary/aromatic N) is 2. The number of rotatable bonds is 7. The predicted molar refractivity (Wildman–Crippen MR) is 134 cm³/mol. The van der Waals surface area contributed by atoms with Crippen LogP contribution in [-0.4, -0.2) is 24.0 Å². The summed E-state index contributed by atoms with van der Waals surface area (Å²) in [5.74, 6) is 0.121. The zero-order valence-electron chi connectivity index (χ0n) is 18.9. The number of fused-ring (bicyclic) bond motifs is 1. The maximum absolute atomic E-state index is 13.3. The van der Waals surface area contributed by atoms with Crippen LogP contribution in [0.2, 0.25) is 0 Å². The molecule has 4 aromatic rings. The van der Waals surface area contributed by atoms with E-state index in [1.807, 2.05) is 30.3 Å². The van der Waals surface area contributed by atoms with E-state index in [9.17, 15) is 4.79 Å². The highest BCUT2D eigenvalue weighted by Crippen LogP contribution is 2.30. The van der Waals surface area contributed by atoms with Crippen LogP contribution < -0.4 is 10.2 Å². The van der Waals surface area contributed by atoms with E-state index in [-0.39, 0.29) is 17.9 Å². The molecule has 1 unspecified atom stereocenters. The molecule has 1 amide bonds. The van der Waals surface area contributed by atoms with Gasteiger partial charge in [-0.25, -0.2) is 0 Å². The monoisotopic (exact) mass is 459 g/mol. The molecule has 0 spiro atoms. The molecule has 1 atom stereocenters. The summed E-state index contributed by atoms with van der Waals surface area (Å²) < 4.78 is 5.92. The molecule has 5 rings (SSSR count). The van der Waals surface area contributed by atoms with Gasteiger partial charge >= 0.3 is 0 Å². The van der Waals surface area contributed by atoms with Crippen molar-refractivity contribution in [3.05, 3.63) is 82.0 Å². The Morgan fingerprint density at radius 2 is 1.91 bits per heavy atom. The van der Waals surface area contributed by atoms with Crippen LogP contribution in [0.3, 0.4) is 0 Å². The van der Waals surface area contributed by atoms with Crippen LogP contribution in [0.25, 0.3) is 11.1 Å². The van der Waals surface area contributed by atoms with Gasteiger partial charge in [0.05, 0.1) is 6.04 Å². The van der Waals surface area contributed by atoms with Gasteiger partial charge in [0, 0.05) is 23.9 Å². The van der Waals surface area contributed by atoms with E-state index in [1.54, 1.807) is 11.3 Å². The molecule has 170 valence electrons. The van der Waals surface area contributed by atoms with Crippen LogP contribution in [0.4, 0.5) is 6.01 Å². The van der Waals surface area contributed by atoms with E-state index < -0.39 is 0 Å². The van der Waals surface area contributed by atoms with Crippen molar-refractivity contribution in [2.45, 2.75) is 38.6 Å². The number of nitrogens with one attached hydrogen (secondary N) is 1. The summed E-state index contributed by atoms with van der Waals surface area (Å²) in [6, 6.07) is 21.2. The van der Waals surface area contributed by atoms with E-state index in [0.717, 1.165) is 60.3 Å². The zero-order chi connectivity index (χ0) is 22.6. The molecule has 1 aliphatic rings. The van der Waals surface area contributed by atoms with E-state index in [4.69, 9.17) is 4.42 Å². The van der Waals surface area contributed by atoms with Crippen LogP contribution in [0.15, 0.2) is 70.5 Å². The van der Waals surface area contributed by atoms with Crippen LogP contribution in [0.5, 0.6) is 0 Å². The lowest BCUT2D eigenvalue weighted by molar-refractivity contribution is -0.126. The fraction of sp³-hybridized carbons (Fsp3) is 0.333. The number of hydrogen-bond donors (Lipinski definition) is 1. The number of aromatic nitrogens is 1. The highest BCUT2D eigenvalue weighted by molar-refractivity contribution is 7.10. The van der Waals surface area contributed by atoms with Crippen molar-refractivity contribution in [1.29, 1.82) is 0 Å². The molecule has 0 radical (unpaired) electrons. The minimum absolute atomic E-state index is 0.00699. The van der Waals surface area contributed by atoms with Gasteiger partial charge in [-0.3, -0.25) is 4.79 Å². The Bertz CT molecular complexity index is 1160. The van der Waals surface area contributed by atoms with Crippen molar-refractivity contribution in [3.8, 4) is 0 Å². The van der Waals surface area contributed by atoms with Crippen molar-refractivity contribution in [2.75, 3.05) is 18.0 Å². The van der Waals surface area contributed by atoms with Crippen molar-refractivity contribution in [3.63, 3.8) is 0 Å². The van der Waals surface area contributed by atoms with Crippen molar-refractivity contribution in [2.24, 2.45) is 5.92 Å². The van der Waals surface area contributed by atoms with Gasteiger partial charge in [0.25, 0.3) is 6.01 Å². The third-order valence-corrected chi connectivity index (χ3v) is 7.32. The van der Waals surface area contributed by atoms with Crippen LogP contribution in [0, 0.1) is 5.92 Å². The number of oxazole rings is 1. The van der Waals surface area contributed by atoms with Gasteiger partial charge in [0.1, 0.15) is 5.52 Å². The van der Waals surface area contributed by atoms with Gasteiger partial charge in [0.2, 0.25) is 5.91 Å². The first kappa shape index (κ1) is 21.7. The normalized spacial score (nSPS) is 15.6. The topological polar surface area (TPSA) is 58.4 Å². The minimum atomic E-state index is -0.108. The number of benzene rings is 2. The third kappa shape index (κ3) is 4.81. The summed E-state index contributed by atoms with van der Waals surface area (Å²) in [6.45, 7) is 3.72. The average molecular weight is 460 g/mol. The molecule has 5 nitrogen and oxygen atoms in total. The molecule has 0 saturated carbocycles. The number of hydrogen-bond acceptors (Lipinski definition) is 5. The smallest absolute Gasteiger partial charge is 0.298 e. The summed E-state index contributed by atoms with van der Waals surface area (Å²) in [5.41, 5.74) is 4.14. The van der Waals surface area contributed by atoms with Gasteiger partial charge in [-0.05, 0) is 54.0 Å². The molecule has 1 fully saturated rings. The van der Waals surface area contributed by atoms with Crippen LogP contribution in [-0.2, 0) is 11.2 Å². The highest BCUT2D eigenvalue weighted by Gasteiger charge is 2.29. The Kier molecular flexibility index (Phi) is 6.44. The number of para-hydroxylation sites is 2. The number of aryl methyl sites for hydroxylation is 1. The van der Waals surface area contributed by atoms with Gasteiger partial charge < -0.3 is 14.6 Å². The van der Waals surface area contributed by atoms with Crippen LogP contribution in [0.1, 0.15) is 48.2 Å².